The van der Waals surface area contributed by atoms with Gasteiger partial charge in [0.25, 0.3) is 5.91 Å². The zero-order chi connectivity index (χ0) is 19.1. The van der Waals surface area contributed by atoms with Crippen molar-refractivity contribution in [1.82, 2.24) is 15.3 Å². The maximum absolute atomic E-state index is 14.0. The molecule has 4 rings (SSSR count). The highest BCUT2D eigenvalue weighted by molar-refractivity contribution is 5.98. The number of aromatic amines is 2. The summed E-state index contributed by atoms with van der Waals surface area (Å²) in [5.74, 6) is -0.338. The lowest BCUT2D eigenvalue weighted by Crippen LogP contribution is -2.26. The van der Waals surface area contributed by atoms with Crippen LogP contribution in [0, 0.1) is 19.7 Å². The van der Waals surface area contributed by atoms with Crippen LogP contribution in [0.4, 0.5) is 4.39 Å². The van der Waals surface area contributed by atoms with E-state index >= 15 is 0 Å². The van der Waals surface area contributed by atoms with Gasteiger partial charge in [0.15, 0.2) is 0 Å². The van der Waals surface area contributed by atoms with Gasteiger partial charge in [-0.3, -0.25) is 4.79 Å². The Morgan fingerprint density at radius 1 is 1.15 bits per heavy atom. The van der Waals surface area contributed by atoms with Gasteiger partial charge in [0.05, 0.1) is 5.52 Å². The number of hydrogen-bond donors (Lipinski definition) is 4. The summed E-state index contributed by atoms with van der Waals surface area (Å²) in [5.41, 5.74) is 4.60. The van der Waals surface area contributed by atoms with Gasteiger partial charge >= 0.3 is 0 Å². The number of hydrogen-bond acceptors (Lipinski definition) is 2. The molecular formula is C21H20FN3O2. The molecule has 0 aliphatic rings. The highest BCUT2D eigenvalue weighted by Gasteiger charge is 2.15. The highest BCUT2D eigenvalue weighted by Crippen LogP contribution is 2.28. The smallest absolute Gasteiger partial charge is 0.267 e. The predicted octanol–water partition coefficient (Wildman–Crippen LogP) is 4.08. The van der Waals surface area contributed by atoms with Gasteiger partial charge in [-0.25, -0.2) is 4.39 Å². The van der Waals surface area contributed by atoms with Crippen molar-refractivity contribution in [2.24, 2.45) is 0 Å². The van der Waals surface area contributed by atoms with Crippen LogP contribution >= 0.6 is 0 Å². The minimum atomic E-state index is -0.268. The Bertz CT molecular complexity index is 1170. The van der Waals surface area contributed by atoms with Crippen LogP contribution in [-0.4, -0.2) is 27.5 Å². The van der Waals surface area contributed by atoms with E-state index in [9.17, 15) is 14.3 Å². The summed E-state index contributed by atoms with van der Waals surface area (Å²) in [6, 6.07) is 9.91. The first-order valence-electron chi connectivity index (χ1n) is 8.80. The molecule has 0 saturated carbocycles. The molecule has 6 heteroatoms. The number of phenolic OH excluding ortho intramolecular Hbond substituents is 1. The number of aryl methyl sites for hydroxylation is 2. The van der Waals surface area contributed by atoms with Crippen molar-refractivity contribution in [3.63, 3.8) is 0 Å². The van der Waals surface area contributed by atoms with Crippen molar-refractivity contribution >= 4 is 27.7 Å². The molecule has 2 aromatic heterocycles. The van der Waals surface area contributed by atoms with Crippen molar-refractivity contribution in [2.45, 2.75) is 20.3 Å². The van der Waals surface area contributed by atoms with E-state index in [4.69, 9.17) is 0 Å². The monoisotopic (exact) mass is 365 g/mol. The summed E-state index contributed by atoms with van der Waals surface area (Å²) >= 11 is 0. The van der Waals surface area contributed by atoms with Crippen LogP contribution in [0.1, 0.15) is 27.3 Å². The van der Waals surface area contributed by atoms with E-state index in [-0.39, 0.29) is 17.5 Å². The largest absolute Gasteiger partial charge is 0.508 e. The highest BCUT2D eigenvalue weighted by atomic mass is 19.1. The molecule has 0 fully saturated rings. The van der Waals surface area contributed by atoms with Gasteiger partial charge in [-0.05, 0) is 55.7 Å². The molecule has 2 aromatic carbocycles. The Hall–Kier alpha value is -3.28. The van der Waals surface area contributed by atoms with E-state index in [1.807, 2.05) is 13.8 Å². The standard InChI is InChI=1S/C21H20FN3O2/c1-11-3-6-16(22)20-19(11)15(12(2)24-20)7-8-23-21(27)18-9-13-4-5-14(26)10-17(13)25-18/h3-6,9-10,24-26H,7-8H2,1-2H3,(H,23,27). The third-order valence-corrected chi connectivity index (χ3v) is 4.94. The summed E-state index contributed by atoms with van der Waals surface area (Å²) in [7, 11) is 0. The second kappa shape index (κ2) is 6.46. The number of aromatic hydroxyl groups is 1. The topological polar surface area (TPSA) is 80.9 Å². The minimum Gasteiger partial charge on any atom is -0.508 e. The zero-order valence-electron chi connectivity index (χ0n) is 15.1. The third-order valence-electron chi connectivity index (χ3n) is 4.94. The lowest BCUT2D eigenvalue weighted by atomic mass is 10.0. The van der Waals surface area contributed by atoms with E-state index < -0.39 is 0 Å². The van der Waals surface area contributed by atoms with Gasteiger partial charge < -0.3 is 20.4 Å². The molecule has 27 heavy (non-hydrogen) atoms. The number of amides is 1. The van der Waals surface area contributed by atoms with Crippen LogP contribution in [0.15, 0.2) is 36.4 Å². The number of nitrogens with one attached hydrogen (secondary N) is 3. The number of phenols is 1. The lowest BCUT2D eigenvalue weighted by molar-refractivity contribution is 0.0950. The van der Waals surface area contributed by atoms with E-state index in [0.29, 0.717) is 29.7 Å². The Morgan fingerprint density at radius 2 is 1.96 bits per heavy atom. The van der Waals surface area contributed by atoms with Crippen LogP contribution in [0.25, 0.3) is 21.8 Å². The molecule has 0 bridgehead atoms. The van der Waals surface area contributed by atoms with Gasteiger partial charge in [-0.15, -0.1) is 0 Å². The number of carbonyl (C=O) groups excluding carboxylic acids is 1. The van der Waals surface area contributed by atoms with Crippen molar-refractivity contribution in [3.05, 3.63) is 64.7 Å². The van der Waals surface area contributed by atoms with Crippen LogP contribution in [0.2, 0.25) is 0 Å². The average molecular weight is 365 g/mol. The van der Waals surface area contributed by atoms with Gasteiger partial charge in [-0.1, -0.05) is 6.07 Å². The van der Waals surface area contributed by atoms with Crippen molar-refractivity contribution in [2.75, 3.05) is 6.54 Å². The summed E-state index contributed by atoms with van der Waals surface area (Å²) in [5, 5.41) is 14.2. The fraction of sp³-hybridized carbons (Fsp3) is 0.190. The first-order chi connectivity index (χ1) is 12.9. The Balaban J connectivity index is 1.51. The minimum absolute atomic E-state index is 0.147. The SMILES string of the molecule is Cc1[nH]c2c(F)ccc(C)c2c1CCNC(=O)c1cc2ccc(O)cc2[nH]1. The molecule has 0 aliphatic carbocycles. The zero-order valence-corrected chi connectivity index (χ0v) is 15.1. The molecule has 0 spiro atoms. The number of aromatic nitrogens is 2. The van der Waals surface area contributed by atoms with Crippen LogP contribution in [-0.2, 0) is 6.42 Å². The van der Waals surface area contributed by atoms with Crippen LogP contribution < -0.4 is 5.32 Å². The normalized spacial score (nSPS) is 11.4. The summed E-state index contributed by atoms with van der Waals surface area (Å²) in [4.78, 5) is 18.5. The maximum Gasteiger partial charge on any atom is 0.267 e. The molecule has 4 aromatic rings. The lowest BCUT2D eigenvalue weighted by Gasteiger charge is -2.06. The first-order valence-corrected chi connectivity index (χ1v) is 8.80. The predicted molar refractivity (Wildman–Crippen MR) is 104 cm³/mol. The molecule has 0 saturated heterocycles. The van der Waals surface area contributed by atoms with Gasteiger partial charge in [-0.2, -0.15) is 0 Å². The number of carbonyl (C=O) groups is 1. The second-order valence-corrected chi connectivity index (χ2v) is 6.80. The molecule has 1 amide bonds. The van der Waals surface area contributed by atoms with Crippen LogP contribution in [0.5, 0.6) is 5.75 Å². The van der Waals surface area contributed by atoms with E-state index in [2.05, 4.69) is 15.3 Å². The molecule has 4 N–H and O–H groups in total. The van der Waals surface area contributed by atoms with Gasteiger partial charge in [0.1, 0.15) is 17.3 Å². The number of rotatable bonds is 4. The average Bonchev–Trinajstić information content (AvgIpc) is 3.20. The van der Waals surface area contributed by atoms with Gasteiger partial charge in [0, 0.05) is 34.6 Å². The summed E-state index contributed by atoms with van der Waals surface area (Å²) in [6.45, 7) is 4.31. The molecule has 5 nitrogen and oxygen atoms in total. The Labute approximate surface area is 155 Å². The molecule has 0 unspecified atom stereocenters. The van der Waals surface area contributed by atoms with E-state index in [1.54, 1.807) is 30.3 Å². The number of benzene rings is 2. The Kier molecular flexibility index (Phi) is 4.11. The molecule has 138 valence electrons. The summed E-state index contributed by atoms with van der Waals surface area (Å²) in [6.07, 6.45) is 0.600. The molecule has 0 aliphatic heterocycles. The van der Waals surface area contributed by atoms with E-state index in [1.165, 1.54) is 6.07 Å². The molecule has 0 radical (unpaired) electrons. The van der Waals surface area contributed by atoms with Crippen molar-refractivity contribution in [3.8, 4) is 5.75 Å². The molecule has 0 atom stereocenters. The quantitative estimate of drug-likeness (QED) is 0.439. The number of halogens is 1. The number of fused-ring (bicyclic) bond motifs is 2. The first kappa shape index (κ1) is 17.1. The molecule has 2 heterocycles. The van der Waals surface area contributed by atoms with Crippen molar-refractivity contribution in [1.29, 1.82) is 0 Å². The maximum atomic E-state index is 14.0. The van der Waals surface area contributed by atoms with Crippen molar-refractivity contribution < 1.29 is 14.3 Å². The van der Waals surface area contributed by atoms with E-state index in [0.717, 1.165) is 27.6 Å². The number of H-pyrrole nitrogens is 2. The Morgan fingerprint density at radius 3 is 2.78 bits per heavy atom. The fourth-order valence-corrected chi connectivity index (χ4v) is 3.59. The second-order valence-electron chi connectivity index (χ2n) is 6.80. The summed E-state index contributed by atoms with van der Waals surface area (Å²) < 4.78 is 14.0. The van der Waals surface area contributed by atoms with Crippen LogP contribution in [0.3, 0.4) is 0 Å². The van der Waals surface area contributed by atoms with Gasteiger partial charge in [0.2, 0.25) is 0 Å². The fourth-order valence-electron chi connectivity index (χ4n) is 3.59. The molecular weight excluding hydrogens is 345 g/mol. The third kappa shape index (κ3) is 3.03.